The molecular weight excluding hydrogens is 258 g/mol. The van der Waals surface area contributed by atoms with Gasteiger partial charge in [-0.05, 0) is 11.3 Å². The predicted octanol–water partition coefficient (Wildman–Crippen LogP) is 1.79. The average Bonchev–Trinajstić information content (AvgIpc) is 2.52. The molecule has 97 valence electrons. The van der Waals surface area contributed by atoms with Gasteiger partial charge >= 0.3 is 0 Å². The van der Waals surface area contributed by atoms with Crippen molar-refractivity contribution >= 4 is 30.0 Å². The number of nitrogens with two attached hydrogens (primary N) is 1. The fourth-order valence-corrected chi connectivity index (χ4v) is 5.05. The third-order valence-electron chi connectivity index (χ3n) is 3.36. The molecule has 0 heterocycles. The van der Waals surface area contributed by atoms with Crippen molar-refractivity contribution in [3.63, 3.8) is 0 Å². The van der Waals surface area contributed by atoms with Gasteiger partial charge in [0.2, 0.25) is 0 Å². The second-order valence-corrected chi connectivity index (χ2v) is 7.14. The lowest BCUT2D eigenvalue weighted by atomic mass is 10.3. The molecule has 0 saturated heterocycles. The molecule has 0 spiro atoms. The summed E-state index contributed by atoms with van der Waals surface area (Å²) in [5, 5.41) is 3.98. The lowest BCUT2D eigenvalue weighted by Gasteiger charge is -2.18. The van der Waals surface area contributed by atoms with Crippen LogP contribution in [0.2, 0.25) is 0 Å². The second-order valence-electron chi connectivity index (χ2n) is 4.69. The highest BCUT2D eigenvalue weighted by atomic mass is 28.3. The number of rotatable bonds is 3. The maximum atomic E-state index is 6.22. The first kappa shape index (κ1) is 12.7. The summed E-state index contributed by atoms with van der Waals surface area (Å²) in [5.74, 6) is 0. The fourth-order valence-electron chi connectivity index (χ4n) is 2.41. The molecule has 2 heteroatoms. The van der Waals surface area contributed by atoms with Gasteiger partial charge in [-0.3, -0.25) is 0 Å². The Balaban J connectivity index is 2.17. The molecule has 0 aliphatic rings. The van der Waals surface area contributed by atoms with E-state index in [2.05, 4.69) is 72.8 Å². The number of hydrogen-bond acceptors (Lipinski definition) is 1. The number of anilines is 1. The van der Waals surface area contributed by atoms with Crippen molar-refractivity contribution < 1.29 is 0 Å². The summed E-state index contributed by atoms with van der Waals surface area (Å²) in [6, 6.07) is 29.5. The van der Waals surface area contributed by atoms with Gasteiger partial charge < -0.3 is 5.73 Å². The van der Waals surface area contributed by atoms with Crippen LogP contribution in [0.25, 0.3) is 0 Å². The quantitative estimate of drug-likeness (QED) is 0.440. The van der Waals surface area contributed by atoms with Crippen molar-refractivity contribution in [3.8, 4) is 0 Å². The molecule has 0 aromatic heterocycles. The Bertz CT molecular complexity index is 641. The zero-order valence-electron chi connectivity index (χ0n) is 11.2. The molecule has 3 aromatic carbocycles. The lowest BCUT2D eigenvalue weighted by Crippen LogP contribution is -2.52. The first-order valence-corrected chi connectivity index (χ1v) is 8.19. The van der Waals surface area contributed by atoms with Gasteiger partial charge in [0, 0.05) is 5.69 Å². The number of benzene rings is 3. The molecule has 2 N–H and O–H groups in total. The fraction of sp³-hybridized carbons (Fsp3) is 0. The van der Waals surface area contributed by atoms with E-state index in [0.29, 0.717) is 0 Å². The third kappa shape index (κ3) is 2.51. The van der Waals surface area contributed by atoms with Gasteiger partial charge in [0.15, 0.2) is 8.80 Å². The minimum absolute atomic E-state index is 0.883. The van der Waals surface area contributed by atoms with Gasteiger partial charge in [0.25, 0.3) is 0 Å². The number of hydrogen-bond donors (Lipinski definition) is 1. The van der Waals surface area contributed by atoms with Crippen LogP contribution < -0.4 is 21.3 Å². The van der Waals surface area contributed by atoms with E-state index in [-0.39, 0.29) is 0 Å². The first-order chi connectivity index (χ1) is 9.86. The van der Waals surface area contributed by atoms with E-state index in [1.54, 1.807) is 0 Å². The largest absolute Gasteiger partial charge is 0.399 e. The molecule has 0 aliphatic carbocycles. The molecule has 0 unspecified atom stereocenters. The molecule has 0 aliphatic heterocycles. The van der Waals surface area contributed by atoms with Crippen LogP contribution >= 0.6 is 0 Å². The lowest BCUT2D eigenvalue weighted by molar-refractivity contribution is 1.70. The van der Waals surface area contributed by atoms with Crippen molar-refractivity contribution in [1.29, 1.82) is 0 Å². The van der Waals surface area contributed by atoms with Gasteiger partial charge in [0.1, 0.15) is 0 Å². The van der Waals surface area contributed by atoms with Crippen LogP contribution in [-0.4, -0.2) is 8.80 Å². The molecule has 20 heavy (non-hydrogen) atoms. The van der Waals surface area contributed by atoms with Crippen LogP contribution in [0.4, 0.5) is 5.69 Å². The van der Waals surface area contributed by atoms with Crippen LogP contribution in [0.1, 0.15) is 0 Å². The highest BCUT2D eigenvalue weighted by molar-refractivity contribution is 6.96. The van der Waals surface area contributed by atoms with E-state index in [0.717, 1.165) is 5.69 Å². The minimum Gasteiger partial charge on any atom is -0.399 e. The van der Waals surface area contributed by atoms with Gasteiger partial charge in [-0.2, -0.15) is 0 Å². The Kier molecular flexibility index (Phi) is 3.66. The Morgan fingerprint density at radius 1 is 0.550 bits per heavy atom. The summed E-state index contributed by atoms with van der Waals surface area (Å²) >= 11 is 0. The zero-order valence-corrected chi connectivity index (χ0v) is 12.2. The normalized spacial score (nSPS) is 10.7. The van der Waals surface area contributed by atoms with Crippen LogP contribution in [0.3, 0.4) is 0 Å². The summed E-state index contributed by atoms with van der Waals surface area (Å²) in [5.41, 5.74) is 7.11. The average molecular weight is 274 g/mol. The molecule has 1 radical (unpaired) electrons. The predicted molar refractivity (Wildman–Crippen MR) is 88.4 cm³/mol. The molecule has 1 nitrogen and oxygen atoms in total. The zero-order chi connectivity index (χ0) is 13.8. The molecule has 0 saturated carbocycles. The van der Waals surface area contributed by atoms with E-state index in [9.17, 15) is 0 Å². The minimum atomic E-state index is -1.03. The van der Waals surface area contributed by atoms with E-state index in [4.69, 9.17) is 5.73 Å². The Morgan fingerprint density at radius 3 is 1.50 bits per heavy atom. The van der Waals surface area contributed by atoms with Crippen LogP contribution in [-0.2, 0) is 0 Å². The van der Waals surface area contributed by atoms with Crippen LogP contribution in [0.15, 0.2) is 84.9 Å². The number of nitrogen functional groups attached to an aromatic ring is 1. The van der Waals surface area contributed by atoms with Crippen LogP contribution in [0, 0.1) is 0 Å². The maximum Gasteiger partial charge on any atom is 0.157 e. The van der Waals surface area contributed by atoms with Crippen molar-refractivity contribution in [2.75, 3.05) is 5.73 Å². The van der Waals surface area contributed by atoms with E-state index in [1.807, 2.05) is 12.1 Å². The molecule has 3 aromatic rings. The summed E-state index contributed by atoms with van der Waals surface area (Å²) < 4.78 is 0. The van der Waals surface area contributed by atoms with Crippen molar-refractivity contribution in [3.05, 3.63) is 84.9 Å². The maximum absolute atomic E-state index is 6.22. The molecule has 3 rings (SSSR count). The van der Waals surface area contributed by atoms with Gasteiger partial charge in [-0.15, -0.1) is 0 Å². The van der Waals surface area contributed by atoms with Gasteiger partial charge in [0.05, 0.1) is 0 Å². The smallest absolute Gasteiger partial charge is 0.157 e. The Hall–Kier alpha value is -2.32. The van der Waals surface area contributed by atoms with Crippen LogP contribution in [0.5, 0.6) is 0 Å². The topological polar surface area (TPSA) is 26.0 Å². The van der Waals surface area contributed by atoms with E-state index in [1.165, 1.54) is 15.6 Å². The van der Waals surface area contributed by atoms with Crippen molar-refractivity contribution in [2.45, 2.75) is 0 Å². The van der Waals surface area contributed by atoms with E-state index < -0.39 is 8.80 Å². The third-order valence-corrected chi connectivity index (χ3v) is 6.17. The summed E-state index contributed by atoms with van der Waals surface area (Å²) in [6.07, 6.45) is 0. The first-order valence-electron chi connectivity index (χ1n) is 6.69. The molecule has 0 bridgehead atoms. The molecule has 0 amide bonds. The molecule has 0 atom stereocenters. The monoisotopic (exact) mass is 274 g/mol. The number of para-hydroxylation sites is 1. The van der Waals surface area contributed by atoms with Gasteiger partial charge in [-0.25, -0.2) is 0 Å². The van der Waals surface area contributed by atoms with E-state index >= 15 is 0 Å². The Morgan fingerprint density at radius 2 is 1.00 bits per heavy atom. The second kappa shape index (κ2) is 5.76. The molecular formula is C18H16NSi. The highest BCUT2D eigenvalue weighted by Gasteiger charge is 2.20. The standard InChI is InChI=1S/C18H16NSi/c19-17-13-7-8-14-18(17)20(15-9-3-1-4-10-15)16-11-5-2-6-12-16/h1-14H,19H2. The summed E-state index contributed by atoms with van der Waals surface area (Å²) in [4.78, 5) is 0. The highest BCUT2D eigenvalue weighted by Crippen LogP contribution is 2.02. The van der Waals surface area contributed by atoms with Crippen molar-refractivity contribution in [1.82, 2.24) is 0 Å². The summed E-state index contributed by atoms with van der Waals surface area (Å²) in [6.45, 7) is 0. The van der Waals surface area contributed by atoms with Gasteiger partial charge in [-0.1, -0.05) is 89.2 Å². The van der Waals surface area contributed by atoms with Crippen molar-refractivity contribution in [2.24, 2.45) is 0 Å². The summed E-state index contributed by atoms with van der Waals surface area (Å²) in [7, 11) is -1.03. The Labute approximate surface area is 121 Å². The SMILES string of the molecule is Nc1ccccc1[Si](c1ccccc1)c1ccccc1. The molecule has 0 fully saturated rings.